The Morgan fingerprint density at radius 1 is 0.971 bits per heavy atom. The van der Waals surface area contributed by atoms with E-state index in [-0.39, 0.29) is 12.4 Å². The van der Waals surface area contributed by atoms with Gasteiger partial charge in [0.1, 0.15) is 18.9 Å². The Labute approximate surface area is 201 Å². The van der Waals surface area contributed by atoms with E-state index in [1.807, 2.05) is 20.8 Å². The lowest BCUT2D eigenvalue weighted by Gasteiger charge is -2.30. The van der Waals surface area contributed by atoms with Crippen molar-refractivity contribution < 1.29 is 23.9 Å². The van der Waals surface area contributed by atoms with E-state index in [0.717, 1.165) is 11.8 Å². The molecule has 0 spiro atoms. The minimum atomic E-state index is -0.845. The smallest absolute Gasteiger partial charge is 0.251 e. The maximum absolute atomic E-state index is 12.8. The molecule has 6 heteroatoms. The molecule has 0 saturated carbocycles. The molecule has 0 saturated heterocycles. The molecule has 34 heavy (non-hydrogen) atoms. The van der Waals surface area contributed by atoms with Crippen LogP contribution in [0.1, 0.15) is 59.5 Å². The van der Waals surface area contributed by atoms with Gasteiger partial charge in [0.2, 0.25) is 0 Å². The SMILES string of the molecule is COCC(=O)[C@@H](NC(=O)c1ccc(C#CC#Cc2ccc(C=O)cc2)cc1)[C@@H](C)OC(C)(C)C. The summed E-state index contributed by atoms with van der Waals surface area (Å²) in [5.41, 5.74) is 1.96. The number of methoxy groups -OCH3 is 1. The van der Waals surface area contributed by atoms with E-state index >= 15 is 0 Å². The first kappa shape index (κ1) is 26.5. The highest BCUT2D eigenvalue weighted by Crippen LogP contribution is 2.14. The summed E-state index contributed by atoms with van der Waals surface area (Å²) in [4.78, 5) is 36.0. The first-order valence-corrected chi connectivity index (χ1v) is 10.8. The van der Waals surface area contributed by atoms with E-state index in [1.165, 1.54) is 7.11 Å². The Balaban J connectivity index is 2.07. The summed E-state index contributed by atoms with van der Waals surface area (Å²) in [6.07, 6.45) is 0.240. The lowest BCUT2D eigenvalue weighted by molar-refractivity contribution is -0.132. The number of ketones is 1. The average Bonchev–Trinajstić information content (AvgIpc) is 2.79. The molecule has 6 nitrogen and oxygen atoms in total. The van der Waals surface area contributed by atoms with Crippen LogP contribution in [-0.2, 0) is 14.3 Å². The van der Waals surface area contributed by atoms with Crippen LogP contribution in [0.15, 0.2) is 48.5 Å². The molecule has 0 fully saturated rings. The molecule has 0 bridgehead atoms. The van der Waals surface area contributed by atoms with Crippen LogP contribution in [0.3, 0.4) is 0 Å². The molecule has 0 radical (unpaired) electrons. The van der Waals surface area contributed by atoms with Gasteiger partial charge in [-0.25, -0.2) is 0 Å². The number of Topliss-reactive ketones (excluding diaryl/α,β-unsaturated/α-hetero) is 1. The third kappa shape index (κ3) is 8.67. The number of hydrogen-bond donors (Lipinski definition) is 1. The summed E-state index contributed by atoms with van der Waals surface area (Å²) in [6, 6.07) is 12.7. The van der Waals surface area contributed by atoms with Crippen LogP contribution in [0.5, 0.6) is 0 Å². The lowest BCUT2D eigenvalue weighted by atomic mass is 10.0. The molecule has 176 valence electrons. The van der Waals surface area contributed by atoms with E-state index in [0.29, 0.717) is 16.7 Å². The van der Waals surface area contributed by atoms with Crippen LogP contribution in [0.25, 0.3) is 0 Å². The van der Waals surface area contributed by atoms with Gasteiger partial charge in [-0.15, -0.1) is 0 Å². The van der Waals surface area contributed by atoms with Crippen molar-refractivity contribution in [1.29, 1.82) is 0 Å². The van der Waals surface area contributed by atoms with Gasteiger partial charge in [-0.05, 0) is 75.9 Å². The standard InChI is InChI=1S/C28H29NO5/c1-20(34-28(2,3)4)26(25(31)19-33-5)29-27(32)24-16-14-22(15-17-24)9-7-6-8-21-10-12-23(18-30)13-11-21/h10-18,20,26H,19H2,1-5H3,(H,29,32)/t20-,26+/m1/s1. The summed E-state index contributed by atoms with van der Waals surface area (Å²) in [5.74, 6) is 10.7. The van der Waals surface area contributed by atoms with E-state index in [9.17, 15) is 14.4 Å². The quantitative estimate of drug-likeness (QED) is 0.483. The molecule has 0 aliphatic carbocycles. The molecule has 0 aliphatic rings. The van der Waals surface area contributed by atoms with Crippen LogP contribution < -0.4 is 5.32 Å². The zero-order valence-electron chi connectivity index (χ0n) is 20.1. The normalized spacial score (nSPS) is 12.3. The van der Waals surface area contributed by atoms with Crippen molar-refractivity contribution in [2.45, 2.75) is 45.4 Å². The van der Waals surface area contributed by atoms with Crippen molar-refractivity contribution in [3.8, 4) is 23.7 Å². The number of amides is 1. The molecule has 2 aromatic carbocycles. The minimum Gasteiger partial charge on any atom is -0.377 e. The predicted molar refractivity (Wildman–Crippen MR) is 130 cm³/mol. The molecule has 1 amide bonds. The Bertz CT molecular complexity index is 1120. The van der Waals surface area contributed by atoms with Gasteiger partial charge in [0.05, 0.1) is 11.7 Å². The Hall–Kier alpha value is -3.71. The lowest BCUT2D eigenvalue weighted by Crippen LogP contribution is -2.51. The molecule has 0 unspecified atom stereocenters. The molecule has 0 heterocycles. The fraction of sp³-hybridized carbons (Fsp3) is 0.321. The number of benzene rings is 2. The molecule has 1 N–H and O–H groups in total. The Morgan fingerprint density at radius 3 is 1.97 bits per heavy atom. The van der Waals surface area contributed by atoms with E-state index in [4.69, 9.17) is 9.47 Å². The minimum absolute atomic E-state index is 0.125. The summed E-state index contributed by atoms with van der Waals surface area (Å²) < 4.78 is 10.8. The molecular weight excluding hydrogens is 430 g/mol. The summed E-state index contributed by atoms with van der Waals surface area (Å²) in [7, 11) is 1.43. The molecule has 2 rings (SSSR count). The largest absolute Gasteiger partial charge is 0.377 e. The van der Waals surface area contributed by atoms with E-state index < -0.39 is 23.7 Å². The topological polar surface area (TPSA) is 81.7 Å². The number of hydrogen-bond acceptors (Lipinski definition) is 5. The van der Waals surface area contributed by atoms with Crippen LogP contribution >= 0.6 is 0 Å². The monoisotopic (exact) mass is 459 g/mol. The highest BCUT2D eigenvalue weighted by atomic mass is 16.5. The molecular formula is C28H29NO5. The van der Waals surface area contributed by atoms with Crippen LogP contribution in [0.2, 0.25) is 0 Å². The zero-order chi connectivity index (χ0) is 25.1. The molecule has 0 aliphatic heterocycles. The number of carbonyl (C=O) groups is 3. The van der Waals surface area contributed by atoms with Gasteiger partial charge in [0, 0.05) is 29.4 Å². The maximum atomic E-state index is 12.8. The van der Waals surface area contributed by atoms with Gasteiger partial charge in [0.15, 0.2) is 5.78 Å². The first-order valence-electron chi connectivity index (χ1n) is 10.8. The summed E-state index contributed by atoms with van der Waals surface area (Å²) in [5, 5.41) is 2.76. The second-order valence-corrected chi connectivity index (χ2v) is 8.60. The van der Waals surface area contributed by atoms with E-state index in [2.05, 4.69) is 29.0 Å². The number of nitrogens with one attached hydrogen (secondary N) is 1. The van der Waals surface area contributed by atoms with Crippen molar-refractivity contribution in [2.75, 3.05) is 13.7 Å². The highest BCUT2D eigenvalue weighted by Gasteiger charge is 2.30. The third-order valence-electron chi connectivity index (χ3n) is 4.60. The Morgan fingerprint density at radius 2 is 1.50 bits per heavy atom. The van der Waals surface area contributed by atoms with Crippen LogP contribution in [0.4, 0.5) is 0 Å². The van der Waals surface area contributed by atoms with Crippen molar-refractivity contribution in [3.63, 3.8) is 0 Å². The highest BCUT2D eigenvalue weighted by molar-refractivity contribution is 5.98. The predicted octanol–water partition coefficient (Wildman–Crippen LogP) is 3.42. The van der Waals surface area contributed by atoms with Crippen LogP contribution in [0, 0.1) is 23.7 Å². The summed E-state index contributed by atoms with van der Waals surface area (Å²) >= 11 is 0. The van der Waals surface area contributed by atoms with Gasteiger partial charge >= 0.3 is 0 Å². The average molecular weight is 460 g/mol. The number of ether oxygens (including phenoxy) is 2. The number of rotatable bonds is 8. The van der Waals surface area contributed by atoms with E-state index in [1.54, 1.807) is 55.5 Å². The van der Waals surface area contributed by atoms with Crippen molar-refractivity contribution in [1.82, 2.24) is 5.32 Å². The third-order valence-corrected chi connectivity index (χ3v) is 4.60. The van der Waals surface area contributed by atoms with Crippen molar-refractivity contribution in [2.24, 2.45) is 0 Å². The molecule has 2 atom stereocenters. The van der Waals surface area contributed by atoms with Crippen molar-refractivity contribution in [3.05, 3.63) is 70.8 Å². The first-order chi connectivity index (χ1) is 16.1. The molecule has 2 aromatic rings. The van der Waals surface area contributed by atoms with Gasteiger partial charge in [-0.1, -0.05) is 24.0 Å². The van der Waals surface area contributed by atoms with Gasteiger partial charge < -0.3 is 14.8 Å². The second kappa shape index (κ2) is 12.5. The fourth-order valence-electron chi connectivity index (χ4n) is 3.10. The Kier molecular flexibility index (Phi) is 9.76. The van der Waals surface area contributed by atoms with Crippen LogP contribution in [-0.4, -0.2) is 49.4 Å². The maximum Gasteiger partial charge on any atom is 0.251 e. The second-order valence-electron chi connectivity index (χ2n) is 8.60. The van der Waals surface area contributed by atoms with Gasteiger partial charge in [-0.2, -0.15) is 0 Å². The zero-order valence-corrected chi connectivity index (χ0v) is 20.1. The number of carbonyl (C=O) groups excluding carboxylic acids is 3. The summed E-state index contributed by atoms with van der Waals surface area (Å²) in [6.45, 7) is 7.28. The van der Waals surface area contributed by atoms with Gasteiger partial charge in [0.25, 0.3) is 5.91 Å². The number of aldehydes is 1. The molecule has 0 aromatic heterocycles. The fourth-order valence-corrected chi connectivity index (χ4v) is 3.10. The van der Waals surface area contributed by atoms with Gasteiger partial charge in [-0.3, -0.25) is 14.4 Å². The van der Waals surface area contributed by atoms with Crippen molar-refractivity contribution >= 4 is 18.0 Å².